The Morgan fingerprint density at radius 2 is 1.76 bits per heavy atom. The van der Waals surface area contributed by atoms with Crippen molar-refractivity contribution in [2.75, 3.05) is 24.1 Å². The van der Waals surface area contributed by atoms with Crippen molar-refractivity contribution in [2.45, 2.75) is 54.5 Å². The smallest absolute Gasteiger partial charge is 0.391 e. The van der Waals surface area contributed by atoms with Gasteiger partial charge in [0.15, 0.2) is 0 Å². The van der Waals surface area contributed by atoms with E-state index in [1.165, 1.54) is 4.90 Å². The Labute approximate surface area is 210 Å². The van der Waals surface area contributed by atoms with E-state index in [4.69, 9.17) is 0 Å². The average molecular weight is 549 g/mol. The van der Waals surface area contributed by atoms with Gasteiger partial charge in [0.1, 0.15) is 12.5 Å². The number of halogens is 5. The second kappa shape index (κ2) is 9.84. The number of benzene rings is 2. The molecule has 2 N–H and O–H groups in total. The average Bonchev–Trinajstić information content (AvgIpc) is 3.28. The first-order valence-electron chi connectivity index (χ1n) is 11.5. The number of rotatable bonds is 6. The number of likely N-dealkylation sites (tertiary alicyclic amines) is 1. The number of aliphatic hydroxyl groups excluding tert-OH is 1. The number of fused-ring (bicyclic) bond motifs is 1. The molecule has 1 unspecified atom stereocenters. The molecule has 0 saturated carbocycles. The van der Waals surface area contributed by atoms with E-state index in [-0.39, 0.29) is 42.0 Å². The molecule has 7 nitrogen and oxygen atoms in total. The lowest BCUT2D eigenvalue weighted by Gasteiger charge is -2.39. The van der Waals surface area contributed by atoms with Crippen LogP contribution in [0.15, 0.2) is 47.4 Å². The minimum Gasteiger partial charge on any atom is -0.391 e. The number of carbonyl (C=O) groups excluding carboxylic acids is 1. The number of carbonyl (C=O) groups is 1. The summed E-state index contributed by atoms with van der Waals surface area (Å²) in [5.41, 5.74) is -4.46. The zero-order valence-corrected chi connectivity index (χ0v) is 20.3. The van der Waals surface area contributed by atoms with E-state index in [1.54, 1.807) is 0 Å². The fourth-order valence-corrected chi connectivity index (χ4v) is 6.46. The van der Waals surface area contributed by atoms with Crippen LogP contribution >= 0.6 is 0 Å². The van der Waals surface area contributed by atoms with Gasteiger partial charge in [-0.05, 0) is 60.7 Å². The molecule has 0 spiro atoms. The van der Waals surface area contributed by atoms with E-state index in [1.807, 2.05) is 0 Å². The van der Waals surface area contributed by atoms with Crippen LogP contribution in [-0.4, -0.2) is 67.5 Å². The van der Waals surface area contributed by atoms with Gasteiger partial charge in [-0.2, -0.15) is 13.2 Å². The number of sulfonamides is 1. The van der Waals surface area contributed by atoms with E-state index < -0.39 is 57.9 Å². The van der Waals surface area contributed by atoms with Gasteiger partial charge in [-0.15, -0.1) is 0 Å². The van der Waals surface area contributed by atoms with Crippen molar-refractivity contribution in [3.63, 3.8) is 0 Å². The van der Waals surface area contributed by atoms with Crippen LogP contribution in [-0.2, 0) is 26.8 Å². The van der Waals surface area contributed by atoms with Crippen LogP contribution in [0, 0.1) is 5.82 Å². The molecule has 1 saturated heterocycles. The normalized spacial score (nSPS) is 22.0. The van der Waals surface area contributed by atoms with Crippen LogP contribution in [0.4, 0.5) is 27.6 Å². The van der Waals surface area contributed by atoms with Crippen LogP contribution in [0.3, 0.4) is 0 Å². The first-order chi connectivity index (χ1) is 17.3. The van der Waals surface area contributed by atoms with Crippen molar-refractivity contribution >= 4 is 21.6 Å². The Hall–Kier alpha value is -2.77. The zero-order valence-electron chi connectivity index (χ0n) is 19.5. The first-order valence-corrected chi connectivity index (χ1v) is 13.0. The largest absolute Gasteiger partial charge is 0.424 e. The van der Waals surface area contributed by atoms with Gasteiger partial charge in [0.2, 0.25) is 11.5 Å². The molecule has 0 aliphatic carbocycles. The molecule has 2 heterocycles. The minimum atomic E-state index is -5.32. The van der Waals surface area contributed by atoms with Gasteiger partial charge in [-0.25, -0.2) is 17.2 Å². The quantitative estimate of drug-likeness (QED) is 0.541. The molecule has 0 radical (unpaired) electrons. The van der Waals surface area contributed by atoms with E-state index in [0.29, 0.717) is 13.0 Å². The topological polar surface area (TPSA) is 98.2 Å². The summed E-state index contributed by atoms with van der Waals surface area (Å²) < 4.78 is 95.4. The number of hydrogen-bond donors (Lipinski definition) is 2. The third-order valence-corrected chi connectivity index (χ3v) is 8.71. The van der Waals surface area contributed by atoms with E-state index >= 15 is 0 Å². The Morgan fingerprint density at radius 1 is 1.08 bits per heavy atom. The van der Waals surface area contributed by atoms with Crippen molar-refractivity contribution in [3.8, 4) is 0 Å². The van der Waals surface area contributed by atoms with Crippen LogP contribution < -0.4 is 4.31 Å². The standard InChI is InChI=1S/C24H25F5N2O5S/c25-14-23(34,24(27,28)29)16-2-8-21-15(11-16)1-5-18(12-22(33)30-10-9-19(32)13-30)31(21)37(35,36)20-6-3-17(26)4-7-20/h2-4,6-8,11,18-19,32,34H,1,5,9-10,12-14H2/t18-,19+,23?/m0/s1. The predicted octanol–water partition coefficient (Wildman–Crippen LogP) is 3.04. The Morgan fingerprint density at radius 3 is 2.32 bits per heavy atom. The fraction of sp³-hybridized carbons (Fsp3) is 0.458. The number of aliphatic hydroxyl groups is 2. The SMILES string of the molecule is O=C(C[C@@H]1CCc2cc(C(O)(CF)C(F)(F)F)ccc2N1S(=O)(=O)c1ccc(F)cc1)N1CC[C@@H](O)C1. The summed E-state index contributed by atoms with van der Waals surface area (Å²) >= 11 is 0. The summed E-state index contributed by atoms with van der Waals surface area (Å²) in [5.74, 6) is -1.08. The number of β-amino-alcohol motifs (C(OH)–C–C–N with tert-alkyl or cyclic N) is 1. The van der Waals surface area contributed by atoms with Crippen LogP contribution in [0.5, 0.6) is 0 Å². The molecule has 4 rings (SSSR count). The third-order valence-electron chi connectivity index (χ3n) is 6.83. The lowest BCUT2D eigenvalue weighted by Crippen LogP contribution is -2.47. The molecule has 1 amide bonds. The number of amides is 1. The maximum atomic E-state index is 13.7. The van der Waals surface area contributed by atoms with Gasteiger partial charge >= 0.3 is 6.18 Å². The highest BCUT2D eigenvalue weighted by molar-refractivity contribution is 7.92. The van der Waals surface area contributed by atoms with E-state index in [0.717, 1.165) is 46.8 Å². The number of alkyl halides is 4. The molecule has 3 atom stereocenters. The monoisotopic (exact) mass is 548 g/mol. The Kier molecular flexibility index (Phi) is 7.25. The molecule has 2 aliphatic heterocycles. The van der Waals surface area contributed by atoms with Gasteiger partial charge in [-0.1, -0.05) is 12.1 Å². The predicted molar refractivity (Wildman–Crippen MR) is 122 cm³/mol. The summed E-state index contributed by atoms with van der Waals surface area (Å²) in [6, 6.07) is 5.80. The van der Waals surface area contributed by atoms with Gasteiger partial charge < -0.3 is 15.1 Å². The van der Waals surface area contributed by atoms with Crippen LogP contribution in [0.2, 0.25) is 0 Å². The maximum Gasteiger partial charge on any atom is 0.424 e. The molecule has 202 valence electrons. The van der Waals surface area contributed by atoms with Crippen molar-refractivity contribution in [1.82, 2.24) is 4.90 Å². The Balaban J connectivity index is 1.77. The van der Waals surface area contributed by atoms with Crippen LogP contribution in [0.25, 0.3) is 0 Å². The van der Waals surface area contributed by atoms with Gasteiger partial charge in [0.05, 0.1) is 22.7 Å². The van der Waals surface area contributed by atoms with E-state index in [9.17, 15) is 45.4 Å². The molecule has 0 aromatic heterocycles. The third kappa shape index (κ3) is 5.04. The highest BCUT2D eigenvalue weighted by Crippen LogP contribution is 2.43. The molecule has 13 heteroatoms. The fourth-order valence-electron chi connectivity index (χ4n) is 4.74. The minimum absolute atomic E-state index is 0.0260. The molecular formula is C24H25F5N2O5S. The van der Waals surface area contributed by atoms with Crippen molar-refractivity contribution in [3.05, 3.63) is 59.4 Å². The molecule has 2 aliphatic rings. The van der Waals surface area contributed by atoms with Gasteiger partial charge in [0.25, 0.3) is 10.0 Å². The number of aryl methyl sites for hydroxylation is 1. The molecule has 1 fully saturated rings. The van der Waals surface area contributed by atoms with Crippen molar-refractivity contribution < 1.29 is 45.4 Å². The zero-order chi connectivity index (χ0) is 27.2. The number of hydrogen-bond acceptors (Lipinski definition) is 5. The molecule has 2 aromatic carbocycles. The summed E-state index contributed by atoms with van der Waals surface area (Å²) in [5, 5.41) is 19.8. The Bertz CT molecular complexity index is 1270. The second-order valence-corrected chi connectivity index (χ2v) is 11.1. The molecule has 37 heavy (non-hydrogen) atoms. The molecule has 2 aromatic rings. The van der Waals surface area contributed by atoms with E-state index in [2.05, 4.69) is 0 Å². The van der Waals surface area contributed by atoms with Crippen LogP contribution in [0.1, 0.15) is 30.4 Å². The first kappa shape index (κ1) is 27.3. The number of anilines is 1. The molecular weight excluding hydrogens is 523 g/mol. The highest BCUT2D eigenvalue weighted by atomic mass is 32.2. The highest BCUT2D eigenvalue weighted by Gasteiger charge is 2.55. The lowest BCUT2D eigenvalue weighted by molar-refractivity contribution is -0.271. The van der Waals surface area contributed by atoms with Crippen molar-refractivity contribution in [1.29, 1.82) is 0 Å². The van der Waals surface area contributed by atoms with Gasteiger partial charge in [-0.3, -0.25) is 9.10 Å². The maximum absolute atomic E-state index is 13.7. The van der Waals surface area contributed by atoms with Gasteiger partial charge in [0, 0.05) is 19.5 Å². The summed E-state index contributed by atoms with van der Waals surface area (Å²) in [6.45, 7) is -1.72. The number of nitrogens with zero attached hydrogens (tertiary/aromatic N) is 2. The van der Waals surface area contributed by atoms with Crippen molar-refractivity contribution in [2.24, 2.45) is 0 Å². The molecule has 0 bridgehead atoms. The summed E-state index contributed by atoms with van der Waals surface area (Å²) in [4.78, 5) is 14.0. The summed E-state index contributed by atoms with van der Waals surface area (Å²) in [6.07, 6.45) is -5.78. The second-order valence-electron chi connectivity index (χ2n) is 9.27. The lowest BCUT2D eigenvalue weighted by atomic mass is 9.88. The summed E-state index contributed by atoms with van der Waals surface area (Å²) in [7, 11) is -4.42.